The number of ether oxygens (including phenoxy) is 1. The second-order valence-corrected chi connectivity index (χ2v) is 9.36. The minimum absolute atomic E-state index is 0.0202. The third kappa shape index (κ3) is 5.47. The van der Waals surface area contributed by atoms with Crippen LogP contribution in [0.2, 0.25) is 0 Å². The van der Waals surface area contributed by atoms with Crippen molar-refractivity contribution < 1.29 is 18.7 Å². The lowest BCUT2D eigenvalue weighted by molar-refractivity contribution is -0.117. The fraction of sp³-hybridized carbons (Fsp3) is 0.133. The molecule has 0 atom stereocenters. The highest BCUT2D eigenvalue weighted by Gasteiger charge is 2.29. The van der Waals surface area contributed by atoms with E-state index in [4.69, 9.17) is 4.74 Å². The van der Waals surface area contributed by atoms with E-state index >= 15 is 0 Å². The Kier molecular flexibility index (Phi) is 6.46. The van der Waals surface area contributed by atoms with Crippen molar-refractivity contribution in [3.8, 4) is 22.8 Å². The predicted octanol–water partition coefficient (Wildman–Crippen LogP) is 5.87. The molecule has 0 spiro atoms. The molecular weight excluding hydrogens is 497 g/mol. The van der Waals surface area contributed by atoms with Gasteiger partial charge in [-0.15, -0.1) is 0 Å². The molecule has 1 fully saturated rings. The number of aromatic nitrogens is 2. The number of para-hydroxylation sites is 1. The molecule has 2 aliphatic rings. The van der Waals surface area contributed by atoms with Gasteiger partial charge in [0.05, 0.1) is 23.8 Å². The van der Waals surface area contributed by atoms with Gasteiger partial charge in [-0.1, -0.05) is 24.3 Å². The number of carbonyl (C=O) groups excluding carboxylic acids is 2. The molecule has 0 radical (unpaired) electrons. The Morgan fingerprint density at radius 2 is 1.79 bits per heavy atom. The molecular formula is C30H24FN5O3. The lowest BCUT2D eigenvalue weighted by atomic mass is 9.95. The number of anilines is 3. The van der Waals surface area contributed by atoms with Gasteiger partial charge in [0.2, 0.25) is 11.8 Å². The fourth-order valence-electron chi connectivity index (χ4n) is 4.30. The quantitative estimate of drug-likeness (QED) is 0.281. The third-order valence-corrected chi connectivity index (χ3v) is 6.49. The first-order chi connectivity index (χ1) is 19.0. The van der Waals surface area contributed by atoms with Crippen molar-refractivity contribution in [3.05, 3.63) is 96.7 Å². The zero-order valence-corrected chi connectivity index (χ0v) is 20.8. The summed E-state index contributed by atoms with van der Waals surface area (Å²) in [6.45, 7) is 0.507. The molecule has 2 amide bonds. The van der Waals surface area contributed by atoms with Gasteiger partial charge >= 0.3 is 0 Å². The van der Waals surface area contributed by atoms with Crippen LogP contribution in [-0.2, 0) is 9.59 Å². The van der Waals surface area contributed by atoms with Crippen molar-refractivity contribution in [1.29, 1.82) is 0 Å². The maximum Gasteiger partial charge on any atom is 0.256 e. The van der Waals surface area contributed by atoms with E-state index in [1.165, 1.54) is 18.3 Å². The van der Waals surface area contributed by atoms with Crippen molar-refractivity contribution in [2.24, 2.45) is 5.92 Å². The highest BCUT2D eigenvalue weighted by molar-refractivity contribution is 6.27. The number of amides is 2. The second-order valence-electron chi connectivity index (χ2n) is 9.36. The Bertz CT molecular complexity index is 1600. The summed E-state index contributed by atoms with van der Waals surface area (Å²) in [7, 11) is 0. The first-order valence-electron chi connectivity index (χ1n) is 12.6. The van der Waals surface area contributed by atoms with Gasteiger partial charge in [0.1, 0.15) is 0 Å². The molecule has 1 saturated carbocycles. The third-order valence-electron chi connectivity index (χ3n) is 6.49. The van der Waals surface area contributed by atoms with E-state index in [0.29, 0.717) is 23.5 Å². The van der Waals surface area contributed by atoms with Crippen LogP contribution in [0.4, 0.5) is 21.5 Å². The Balaban J connectivity index is 1.18. The molecule has 1 aliphatic heterocycles. The topological polar surface area (TPSA) is 105 Å². The number of hydrogen-bond donors (Lipinski definition) is 3. The van der Waals surface area contributed by atoms with Crippen LogP contribution in [0.15, 0.2) is 85.3 Å². The van der Waals surface area contributed by atoms with E-state index in [0.717, 1.165) is 35.2 Å². The van der Waals surface area contributed by atoms with Crippen LogP contribution < -0.4 is 20.7 Å². The molecule has 0 unspecified atom stereocenters. The molecule has 2 aromatic carbocycles. The average molecular weight is 522 g/mol. The van der Waals surface area contributed by atoms with E-state index in [1.54, 1.807) is 36.7 Å². The molecule has 1 aliphatic carbocycles. The van der Waals surface area contributed by atoms with Gasteiger partial charge in [-0.2, -0.15) is 0 Å². The standard InChI is InChI=1S/C30H24FN5O3/c31-25-3-1-2-4-27(25)39-28-10-8-21(17-34-28)35-30(38)23-11-12-33-26-9-7-19(14-24(23)26)20-13-22(16-32-15-20)36-29(37)18-5-6-18/h1-4,7-11,13-18,33H,5-6,12H2,(H,35,38)(H,36,37). The number of benzene rings is 2. The minimum Gasteiger partial charge on any atom is -0.436 e. The van der Waals surface area contributed by atoms with Crippen molar-refractivity contribution in [1.82, 2.24) is 9.97 Å². The van der Waals surface area contributed by atoms with Crippen LogP contribution in [-0.4, -0.2) is 28.3 Å². The van der Waals surface area contributed by atoms with Gasteiger partial charge < -0.3 is 20.7 Å². The normalized spacial score (nSPS) is 13.9. The van der Waals surface area contributed by atoms with E-state index in [1.807, 2.05) is 30.3 Å². The molecule has 8 nitrogen and oxygen atoms in total. The monoisotopic (exact) mass is 521 g/mol. The molecule has 3 heterocycles. The zero-order valence-electron chi connectivity index (χ0n) is 20.8. The number of halogens is 1. The summed E-state index contributed by atoms with van der Waals surface area (Å²) >= 11 is 0. The number of pyridine rings is 2. The average Bonchev–Trinajstić information content (AvgIpc) is 3.81. The molecule has 39 heavy (non-hydrogen) atoms. The lowest BCUT2D eigenvalue weighted by Crippen LogP contribution is -2.19. The SMILES string of the molecule is O=C(Nc1ccc(Oc2ccccc2F)nc1)C1=CCNc2ccc(-c3cncc(NC(=O)C4CC4)c3)cc21. The van der Waals surface area contributed by atoms with Crippen LogP contribution in [0.5, 0.6) is 11.6 Å². The van der Waals surface area contributed by atoms with E-state index in [2.05, 4.69) is 25.9 Å². The summed E-state index contributed by atoms with van der Waals surface area (Å²) in [5.74, 6) is -0.383. The van der Waals surface area contributed by atoms with Crippen molar-refractivity contribution >= 4 is 34.4 Å². The van der Waals surface area contributed by atoms with Gasteiger partial charge in [0.25, 0.3) is 5.91 Å². The Morgan fingerprint density at radius 3 is 2.59 bits per heavy atom. The van der Waals surface area contributed by atoms with Crippen molar-refractivity contribution in [3.63, 3.8) is 0 Å². The number of carbonyl (C=O) groups is 2. The first kappa shape index (κ1) is 24.3. The van der Waals surface area contributed by atoms with Crippen LogP contribution in [0.1, 0.15) is 18.4 Å². The minimum atomic E-state index is -0.488. The molecule has 194 valence electrons. The first-order valence-corrected chi connectivity index (χ1v) is 12.6. The second kappa shape index (κ2) is 10.4. The number of nitrogens with one attached hydrogen (secondary N) is 3. The van der Waals surface area contributed by atoms with Gasteiger partial charge in [0, 0.05) is 47.1 Å². The summed E-state index contributed by atoms with van der Waals surface area (Å²) in [6, 6.07) is 17.0. The number of fused-ring (bicyclic) bond motifs is 1. The Hall–Kier alpha value is -5.05. The maximum absolute atomic E-state index is 13.9. The van der Waals surface area contributed by atoms with Gasteiger partial charge in [0.15, 0.2) is 11.6 Å². The van der Waals surface area contributed by atoms with Crippen molar-refractivity contribution in [2.75, 3.05) is 22.5 Å². The highest BCUT2D eigenvalue weighted by atomic mass is 19.1. The summed E-state index contributed by atoms with van der Waals surface area (Å²) in [6.07, 6.45) is 8.49. The molecule has 2 aromatic heterocycles. The summed E-state index contributed by atoms with van der Waals surface area (Å²) in [5.41, 5.74) is 4.91. The number of nitrogens with zero attached hydrogens (tertiary/aromatic N) is 2. The molecule has 0 bridgehead atoms. The van der Waals surface area contributed by atoms with Crippen LogP contribution in [0.25, 0.3) is 16.7 Å². The molecule has 3 N–H and O–H groups in total. The molecule has 6 rings (SSSR count). The van der Waals surface area contributed by atoms with E-state index in [-0.39, 0.29) is 29.4 Å². The fourth-order valence-corrected chi connectivity index (χ4v) is 4.30. The van der Waals surface area contributed by atoms with Crippen LogP contribution in [0, 0.1) is 11.7 Å². The Morgan fingerprint density at radius 1 is 0.923 bits per heavy atom. The lowest BCUT2D eigenvalue weighted by Gasteiger charge is -2.20. The number of rotatable bonds is 7. The predicted molar refractivity (Wildman–Crippen MR) is 147 cm³/mol. The summed E-state index contributed by atoms with van der Waals surface area (Å²) in [5, 5.41) is 9.10. The van der Waals surface area contributed by atoms with Gasteiger partial charge in [-0.25, -0.2) is 9.37 Å². The molecule has 4 aromatic rings. The summed E-state index contributed by atoms with van der Waals surface area (Å²) in [4.78, 5) is 33.9. The highest BCUT2D eigenvalue weighted by Crippen LogP contribution is 2.34. The smallest absolute Gasteiger partial charge is 0.256 e. The molecule has 9 heteroatoms. The molecule has 0 saturated heterocycles. The Labute approximate surface area is 224 Å². The zero-order chi connectivity index (χ0) is 26.8. The summed E-state index contributed by atoms with van der Waals surface area (Å²) < 4.78 is 19.3. The van der Waals surface area contributed by atoms with Crippen LogP contribution in [0.3, 0.4) is 0 Å². The van der Waals surface area contributed by atoms with E-state index < -0.39 is 5.82 Å². The van der Waals surface area contributed by atoms with Gasteiger partial charge in [-0.3, -0.25) is 14.6 Å². The van der Waals surface area contributed by atoms with Crippen LogP contribution >= 0.6 is 0 Å². The number of hydrogen-bond acceptors (Lipinski definition) is 6. The maximum atomic E-state index is 13.9. The van der Waals surface area contributed by atoms with Crippen molar-refractivity contribution in [2.45, 2.75) is 12.8 Å². The largest absolute Gasteiger partial charge is 0.436 e. The van der Waals surface area contributed by atoms with E-state index in [9.17, 15) is 14.0 Å². The van der Waals surface area contributed by atoms with Gasteiger partial charge in [-0.05, 0) is 54.8 Å².